The Labute approximate surface area is 106 Å². The van der Waals surface area contributed by atoms with Gasteiger partial charge in [-0.1, -0.05) is 22.0 Å². The van der Waals surface area contributed by atoms with Crippen molar-refractivity contribution in [2.24, 2.45) is 0 Å². The number of ether oxygens (including phenoxy) is 2. The molecule has 3 rings (SSSR count). The Morgan fingerprint density at radius 2 is 1.94 bits per heavy atom. The number of hydrogen-bond donors (Lipinski definition) is 0. The van der Waals surface area contributed by atoms with E-state index in [9.17, 15) is 4.79 Å². The highest BCUT2D eigenvalue weighted by Crippen LogP contribution is 2.38. The molecule has 4 heteroatoms. The molecule has 2 aromatic carbocycles. The summed E-state index contributed by atoms with van der Waals surface area (Å²) < 4.78 is 11.5. The summed E-state index contributed by atoms with van der Waals surface area (Å²) in [6.07, 6.45) is 0. The largest absolute Gasteiger partial charge is 0.454 e. The first-order chi connectivity index (χ1) is 8.16. The Balaban J connectivity index is 2.39. The van der Waals surface area contributed by atoms with E-state index in [0.29, 0.717) is 11.3 Å². The van der Waals surface area contributed by atoms with Crippen LogP contribution in [0.2, 0.25) is 0 Å². The molecule has 0 unspecified atom stereocenters. The van der Waals surface area contributed by atoms with Crippen LogP contribution in [0.3, 0.4) is 0 Å². The third-order valence-electron chi connectivity index (χ3n) is 2.81. The lowest BCUT2D eigenvalue weighted by molar-refractivity contribution is 0.101. The summed E-state index contributed by atoms with van der Waals surface area (Å²) in [6.45, 7) is 1.80. The van der Waals surface area contributed by atoms with E-state index in [-0.39, 0.29) is 12.6 Å². The van der Waals surface area contributed by atoms with Gasteiger partial charge in [0.05, 0.1) is 0 Å². The van der Waals surface area contributed by atoms with Gasteiger partial charge >= 0.3 is 0 Å². The van der Waals surface area contributed by atoms with Crippen molar-refractivity contribution in [3.63, 3.8) is 0 Å². The minimum atomic E-state index is 0.0290. The number of Topliss-reactive ketones (excluding diaryl/α,β-unsaturated/α-hetero) is 1. The zero-order valence-electron chi connectivity index (χ0n) is 9.12. The lowest BCUT2D eigenvalue weighted by Crippen LogP contribution is -1.95. The van der Waals surface area contributed by atoms with E-state index in [1.807, 2.05) is 24.3 Å². The number of benzene rings is 2. The topological polar surface area (TPSA) is 35.5 Å². The van der Waals surface area contributed by atoms with Crippen LogP contribution in [-0.4, -0.2) is 12.6 Å². The van der Waals surface area contributed by atoms with Gasteiger partial charge in [-0.05, 0) is 35.9 Å². The number of fused-ring (bicyclic) bond motifs is 2. The van der Waals surface area contributed by atoms with Crippen LogP contribution in [0.25, 0.3) is 10.8 Å². The first-order valence-electron chi connectivity index (χ1n) is 5.19. The molecular formula is C13H9BrO3. The number of carbonyl (C=O) groups is 1. The molecule has 0 aromatic heterocycles. The molecule has 0 spiro atoms. The first-order valence-corrected chi connectivity index (χ1v) is 5.99. The normalized spacial score (nSPS) is 13.1. The van der Waals surface area contributed by atoms with Crippen molar-refractivity contribution in [2.75, 3.05) is 6.79 Å². The fraction of sp³-hybridized carbons (Fsp3) is 0.154. The van der Waals surface area contributed by atoms with Crippen LogP contribution in [0.4, 0.5) is 0 Å². The molecule has 1 aliphatic rings. The van der Waals surface area contributed by atoms with Gasteiger partial charge in [0.25, 0.3) is 0 Å². The third-order valence-corrected chi connectivity index (χ3v) is 3.48. The molecule has 3 nitrogen and oxygen atoms in total. The van der Waals surface area contributed by atoms with Crippen molar-refractivity contribution in [2.45, 2.75) is 6.92 Å². The van der Waals surface area contributed by atoms with Gasteiger partial charge in [0.15, 0.2) is 17.3 Å². The van der Waals surface area contributed by atoms with Crippen molar-refractivity contribution in [1.82, 2.24) is 0 Å². The van der Waals surface area contributed by atoms with Crippen molar-refractivity contribution in [1.29, 1.82) is 0 Å². The Hall–Kier alpha value is -1.55. The Morgan fingerprint density at radius 3 is 2.65 bits per heavy atom. The van der Waals surface area contributed by atoms with Gasteiger partial charge in [0.1, 0.15) is 0 Å². The molecule has 0 fully saturated rings. The maximum Gasteiger partial charge on any atom is 0.231 e. The highest BCUT2D eigenvalue weighted by Gasteiger charge is 2.17. The first kappa shape index (κ1) is 10.6. The van der Waals surface area contributed by atoms with Crippen LogP contribution in [-0.2, 0) is 0 Å². The average Bonchev–Trinajstić information content (AvgIpc) is 2.72. The van der Waals surface area contributed by atoms with Gasteiger partial charge in [-0.3, -0.25) is 4.79 Å². The molecule has 1 aliphatic heterocycles. The third kappa shape index (κ3) is 1.60. The number of ketones is 1. The summed E-state index contributed by atoms with van der Waals surface area (Å²) in [5, 5.41) is 1.86. The van der Waals surface area contributed by atoms with Crippen molar-refractivity contribution < 1.29 is 14.3 Å². The van der Waals surface area contributed by atoms with Gasteiger partial charge in [0, 0.05) is 10.0 Å². The van der Waals surface area contributed by atoms with Gasteiger partial charge in [-0.15, -0.1) is 0 Å². The molecule has 0 saturated heterocycles. The van der Waals surface area contributed by atoms with Crippen molar-refractivity contribution >= 4 is 32.5 Å². The van der Waals surface area contributed by atoms with E-state index < -0.39 is 0 Å². The minimum Gasteiger partial charge on any atom is -0.454 e. The molecule has 0 N–H and O–H groups in total. The Bertz CT molecular complexity index is 634. The lowest BCUT2D eigenvalue weighted by Gasteiger charge is -2.07. The predicted octanol–water partition coefficient (Wildman–Crippen LogP) is 3.53. The summed E-state index contributed by atoms with van der Waals surface area (Å²) in [7, 11) is 0. The monoisotopic (exact) mass is 292 g/mol. The standard InChI is InChI=1S/C13H9BrO3/c1-7(15)13-9-5-12-11(16-6-17-12)4-8(9)2-3-10(13)14/h2-5H,6H2,1H3. The number of rotatable bonds is 1. The number of carbonyl (C=O) groups excluding carboxylic acids is 1. The molecule has 0 amide bonds. The molecule has 0 atom stereocenters. The molecule has 86 valence electrons. The van der Waals surface area contributed by atoms with Crippen LogP contribution >= 0.6 is 15.9 Å². The lowest BCUT2D eigenvalue weighted by atomic mass is 10.0. The maximum absolute atomic E-state index is 11.7. The predicted molar refractivity (Wildman–Crippen MR) is 67.8 cm³/mol. The van der Waals surface area contributed by atoms with Gasteiger partial charge in [-0.25, -0.2) is 0 Å². The minimum absolute atomic E-state index is 0.0290. The zero-order valence-corrected chi connectivity index (χ0v) is 10.7. The van der Waals surface area contributed by atoms with E-state index in [2.05, 4.69) is 15.9 Å². The zero-order chi connectivity index (χ0) is 12.0. The number of halogens is 1. The van der Waals surface area contributed by atoms with Crippen LogP contribution in [0, 0.1) is 0 Å². The van der Waals surface area contributed by atoms with Crippen LogP contribution < -0.4 is 9.47 Å². The molecule has 1 heterocycles. The molecule has 0 aliphatic carbocycles. The maximum atomic E-state index is 11.7. The Morgan fingerprint density at radius 1 is 1.24 bits per heavy atom. The second kappa shape index (κ2) is 3.74. The Kier molecular flexibility index (Phi) is 2.33. The van der Waals surface area contributed by atoms with E-state index in [0.717, 1.165) is 21.0 Å². The summed E-state index contributed by atoms with van der Waals surface area (Å²) in [5.74, 6) is 1.45. The van der Waals surface area contributed by atoms with Gasteiger partial charge < -0.3 is 9.47 Å². The van der Waals surface area contributed by atoms with Crippen molar-refractivity contribution in [3.05, 3.63) is 34.3 Å². The summed E-state index contributed by atoms with van der Waals surface area (Å²) in [5.41, 5.74) is 0.681. The molecular weight excluding hydrogens is 284 g/mol. The molecule has 0 saturated carbocycles. The summed E-state index contributed by atoms with van der Waals surface area (Å²) in [6, 6.07) is 7.59. The average molecular weight is 293 g/mol. The van der Waals surface area contributed by atoms with Crippen LogP contribution in [0.15, 0.2) is 28.7 Å². The highest BCUT2D eigenvalue weighted by molar-refractivity contribution is 9.10. The second-order valence-electron chi connectivity index (χ2n) is 3.91. The van der Waals surface area contributed by atoms with E-state index in [1.165, 1.54) is 0 Å². The quantitative estimate of drug-likeness (QED) is 0.754. The van der Waals surface area contributed by atoms with E-state index in [4.69, 9.17) is 9.47 Å². The van der Waals surface area contributed by atoms with E-state index >= 15 is 0 Å². The fourth-order valence-corrected chi connectivity index (χ4v) is 2.67. The summed E-state index contributed by atoms with van der Waals surface area (Å²) in [4.78, 5) is 11.7. The second-order valence-corrected chi connectivity index (χ2v) is 4.76. The summed E-state index contributed by atoms with van der Waals surface area (Å²) >= 11 is 3.41. The van der Waals surface area contributed by atoms with Crippen LogP contribution in [0.1, 0.15) is 17.3 Å². The van der Waals surface area contributed by atoms with Crippen LogP contribution in [0.5, 0.6) is 11.5 Å². The molecule has 17 heavy (non-hydrogen) atoms. The van der Waals surface area contributed by atoms with Gasteiger partial charge in [-0.2, -0.15) is 0 Å². The highest BCUT2D eigenvalue weighted by atomic mass is 79.9. The van der Waals surface area contributed by atoms with Gasteiger partial charge in [0.2, 0.25) is 6.79 Å². The smallest absolute Gasteiger partial charge is 0.231 e. The molecule has 0 bridgehead atoms. The fourth-order valence-electron chi connectivity index (χ4n) is 2.04. The number of hydrogen-bond acceptors (Lipinski definition) is 3. The van der Waals surface area contributed by atoms with Crippen molar-refractivity contribution in [3.8, 4) is 11.5 Å². The SMILES string of the molecule is CC(=O)c1c(Br)ccc2cc3c(cc12)OCO3. The molecule has 0 radical (unpaired) electrons. The van der Waals surface area contributed by atoms with E-state index in [1.54, 1.807) is 6.92 Å². The molecule has 2 aromatic rings.